The van der Waals surface area contributed by atoms with Crippen LogP contribution in [0.25, 0.3) is 0 Å². The zero-order valence-corrected chi connectivity index (χ0v) is 33.3. The summed E-state index contributed by atoms with van der Waals surface area (Å²) in [5.41, 5.74) is 15.4. The average molecular weight is 734 g/mol. The van der Waals surface area contributed by atoms with E-state index in [1.807, 2.05) is 0 Å². The van der Waals surface area contributed by atoms with E-state index in [9.17, 15) is 0 Å². The summed E-state index contributed by atoms with van der Waals surface area (Å²) in [6.07, 6.45) is 4.05. The Balaban J connectivity index is 0.976. The zero-order valence-electron chi connectivity index (χ0n) is 33.3. The van der Waals surface area contributed by atoms with Gasteiger partial charge in [-0.3, -0.25) is 0 Å². The van der Waals surface area contributed by atoms with Crippen LogP contribution in [0.15, 0.2) is 182 Å². The minimum atomic E-state index is 0.927. The molecule has 7 aromatic carbocycles. The second kappa shape index (κ2) is 19.0. The van der Waals surface area contributed by atoms with E-state index < -0.39 is 0 Å². The van der Waals surface area contributed by atoms with Gasteiger partial charge in [0.05, 0.1) is 0 Å². The largest absolute Gasteiger partial charge is 0.367 e. The van der Waals surface area contributed by atoms with Gasteiger partial charge in [0.2, 0.25) is 0 Å². The first-order valence-electron chi connectivity index (χ1n) is 20.3. The molecule has 0 N–H and O–H groups in total. The van der Waals surface area contributed by atoms with Crippen LogP contribution in [0, 0.1) is 6.92 Å². The number of anilines is 5. The van der Waals surface area contributed by atoms with Crippen molar-refractivity contribution in [3.8, 4) is 0 Å². The van der Waals surface area contributed by atoms with E-state index in [0.717, 1.165) is 57.5 Å². The SMILES string of the molecule is CCN(Cc1ccccc1)c1ccc(CCc2ccc(N(c3ccc(C)cc3)c3ccc(CCc4ccc(N(CC)Cc5ccccc5)cc4)cc3)cc2)cc1. The molecule has 3 nitrogen and oxygen atoms in total. The molecule has 0 radical (unpaired) electrons. The minimum Gasteiger partial charge on any atom is -0.367 e. The number of rotatable bonds is 17. The first-order chi connectivity index (χ1) is 27.5. The van der Waals surface area contributed by atoms with Crippen LogP contribution in [0.1, 0.15) is 52.8 Å². The van der Waals surface area contributed by atoms with Gasteiger partial charge in [0.15, 0.2) is 0 Å². The fraction of sp³-hybridized carbons (Fsp3) is 0.208. The summed E-state index contributed by atoms with van der Waals surface area (Å²) in [5.74, 6) is 0. The monoisotopic (exact) mass is 733 g/mol. The van der Waals surface area contributed by atoms with Crippen molar-refractivity contribution in [1.82, 2.24) is 0 Å². The van der Waals surface area contributed by atoms with Gasteiger partial charge in [-0.25, -0.2) is 0 Å². The van der Waals surface area contributed by atoms with Crippen LogP contribution in [0.4, 0.5) is 28.4 Å². The van der Waals surface area contributed by atoms with Gasteiger partial charge < -0.3 is 14.7 Å². The molecule has 0 bridgehead atoms. The van der Waals surface area contributed by atoms with Crippen molar-refractivity contribution in [1.29, 1.82) is 0 Å². The molecular formula is C53H55N3. The lowest BCUT2D eigenvalue weighted by Gasteiger charge is -2.26. The fourth-order valence-electron chi connectivity index (χ4n) is 7.47. The number of nitrogens with zero attached hydrogens (tertiary/aromatic N) is 3. The minimum absolute atomic E-state index is 0.927. The van der Waals surface area contributed by atoms with Gasteiger partial charge in [-0.15, -0.1) is 0 Å². The summed E-state index contributed by atoms with van der Waals surface area (Å²) in [5, 5.41) is 0. The molecule has 0 aliphatic heterocycles. The highest BCUT2D eigenvalue weighted by Crippen LogP contribution is 2.35. The first kappa shape index (κ1) is 38.2. The lowest BCUT2D eigenvalue weighted by atomic mass is 10.0. The molecule has 282 valence electrons. The van der Waals surface area contributed by atoms with Crippen molar-refractivity contribution >= 4 is 28.4 Å². The fourth-order valence-corrected chi connectivity index (χ4v) is 7.47. The Labute approximate surface area is 335 Å². The van der Waals surface area contributed by atoms with Crippen molar-refractivity contribution < 1.29 is 0 Å². The first-order valence-corrected chi connectivity index (χ1v) is 20.3. The van der Waals surface area contributed by atoms with Gasteiger partial charge in [0.25, 0.3) is 0 Å². The van der Waals surface area contributed by atoms with E-state index in [1.165, 1.54) is 61.7 Å². The molecule has 0 unspecified atom stereocenters. The van der Waals surface area contributed by atoms with E-state index in [4.69, 9.17) is 0 Å². The molecule has 0 heterocycles. The number of aryl methyl sites for hydroxylation is 5. The molecule has 0 atom stereocenters. The van der Waals surface area contributed by atoms with Crippen molar-refractivity contribution in [2.45, 2.75) is 59.5 Å². The van der Waals surface area contributed by atoms with Crippen LogP contribution in [0.5, 0.6) is 0 Å². The summed E-state index contributed by atoms with van der Waals surface area (Å²) in [6, 6.07) is 66.9. The van der Waals surface area contributed by atoms with Gasteiger partial charge in [-0.2, -0.15) is 0 Å². The zero-order chi connectivity index (χ0) is 38.5. The topological polar surface area (TPSA) is 9.72 Å². The molecule has 0 aromatic heterocycles. The van der Waals surface area contributed by atoms with Crippen LogP contribution < -0.4 is 14.7 Å². The second-order valence-electron chi connectivity index (χ2n) is 14.8. The Morgan fingerprint density at radius 3 is 0.893 bits per heavy atom. The smallest absolute Gasteiger partial charge is 0.0461 e. The highest BCUT2D eigenvalue weighted by Gasteiger charge is 2.13. The molecule has 0 aliphatic rings. The second-order valence-corrected chi connectivity index (χ2v) is 14.8. The predicted molar refractivity (Wildman–Crippen MR) is 240 cm³/mol. The van der Waals surface area contributed by atoms with Crippen LogP contribution in [0.2, 0.25) is 0 Å². The quantitative estimate of drug-likeness (QED) is 0.0923. The van der Waals surface area contributed by atoms with E-state index in [1.54, 1.807) is 0 Å². The molecule has 0 saturated heterocycles. The molecule has 0 aliphatic carbocycles. The Morgan fingerprint density at radius 2 is 0.589 bits per heavy atom. The van der Waals surface area contributed by atoms with Crippen LogP contribution in [-0.4, -0.2) is 13.1 Å². The van der Waals surface area contributed by atoms with Crippen molar-refractivity contribution in [2.24, 2.45) is 0 Å². The van der Waals surface area contributed by atoms with Crippen LogP contribution in [0.3, 0.4) is 0 Å². The van der Waals surface area contributed by atoms with E-state index in [-0.39, 0.29) is 0 Å². The van der Waals surface area contributed by atoms with Crippen LogP contribution in [-0.2, 0) is 38.8 Å². The van der Waals surface area contributed by atoms with Gasteiger partial charge >= 0.3 is 0 Å². The molecular weight excluding hydrogens is 679 g/mol. The predicted octanol–water partition coefficient (Wildman–Crippen LogP) is 13.1. The molecule has 0 amide bonds. The number of hydrogen-bond acceptors (Lipinski definition) is 3. The third-order valence-electron chi connectivity index (χ3n) is 10.9. The molecule has 56 heavy (non-hydrogen) atoms. The summed E-state index contributed by atoms with van der Waals surface area (Å²) in [4.78, 5) is 7.23. The Morgan fingerprint density at radius 1 is 0.304 bits per heavy atom. The molecule has 0 fully saturated rings. The van der Waals surface area contributed by atoms with Crippen molar-refractivity contribution in [3.05, 3.63) is 221 Å². The maximum Gasteiger partial charge on any atom is 0.0461 e. The lowest BCUT2D eigenvalue weighted by molar-refractivity contribution is 0.831. The maximum absolute atomic E-state index is 2.43. The molecule has 3 heteroatoms. The van der Waals surface area contributed by atoms with Crippen LogP contribution >= 0.6 is 0 Å². The third kappa shape index (κ3) is 10.2. The number of benzene rings is 7. The molecule has 0 spiro atoms. The normalized spacial score (nSPS) is 11.0. The molecule has 7 aromatic rings. The summed E-state index contributed by atoms with van der Waals surface area (Å²) < 4.78 is 0. The molecule has 0 saturated carbocycles. The third-order valence-corrected chi connectivity index (χ3v) is 10.9. The highest BCUT2D eigenvalue weighted by atomic mass is 15.1. The van der Waals surface area contributed by atoms with Gasteiger partial charge in [-0.1, -0.05) is 127 Å². The highest BCUT2D eigenvalue weighted by molar-refractivity contribution is 5.76. The number of hydrogen-bond donors (Lipinski definition) is 0. The average Bonchev–Trinajstić information content (AvgIpc) is 3.26. The van der Waals surface area contributed by atoms with Gasteiger partial charge in [0.1, 0.15) is 0 Å². The standard InChI is InChI=1S/C53H55N3/c1-4-54(40-47-12-8-6-9-13-47)49-32-22-43(23-33-49)18-20-45-26-36-52(37-27-45)56(51-30-16-42(3)17-31-51)53-38-28-46(29-39-53)21-19-44-24-34-50(35-25-44)55(5-2)41-48-14-10-7-11-15-48/h6-17,22-39H,4-5,18-21,40-41H2,1-3H3. The van der Waals surface area contributed by atoms with Crippen molar-refractivity contribution in [2.75, 3.05) is 27.8 Å². The summed E-state index contributed by atoms with van der Waals surface area (Å²) >= 11 is 0. The Bertz CT molecular complexity index is 2050. The van der Waals surface area contributed by atoms with Gasteiger partial charge in [-0.05, 0) is 140 Å². The van der Waals surface area contributed by atoms with Gasteiger partial charge in [0, 0.05) is 54.6 Å². The van der Waals surface area contributed by atoms with E-state index in [0.29, 0.717) is 0 Å². The Hall–Kier alpha value is -6.06. The van der Waals surface area contributed by atoms with Crippen molar-refractivity contribution in [3.63, 3.8) is 0 Å². The Kier molecular flexibility index (Phi) is 13.0. The van der Waals surface area contributed by atoms with E-state index in [2.05, 4.69) is 217 Å². The van der Waals surface area contributed by atoms with E-state index >= 15 is 0 Å². The summed E-state index contributed by atoms with van der Waals surface area (Å²) in [6.45, 7) is 10.4. The lowest BCUT2D eigenvalue weighted by Crippen LogP contribution is -2.21. The summed E-state index contributed by atoms with van der Waals surface area (Å²) in [7, 11) is 0. The maximum atomic E-state index is 2.43. The molecule has 7 rings (SSSR count).